The number of allylic oxidation sites excluding steroid dienone is 2. The summed E-state index contributed by atoms with van der Waals surface area (Å²) >= 11 is 0. The van der Waals surface area contributed by atoms with Crippen LogP contribution in [0.15, 0.2) is 11.3 Å². The van der Waals surface area contributed by atoms with Crippen molar-refractivity contribution in [2.45, 2.75) is 72.0 Å². The highest BCUT2D eigenvalue weighted by atomic mass is 16.5. The Balaban J connectivity index is 0.000000612. The van der Waals surface area contributed by atoms with Crippen LogP contribution in [0, 0.1) is 11.3 Å². The SMILES string of the molecule is CC1=C(O)C[C@H]2CC[C@@H](OC(C)(C)C)[C@]2(C)C1.O=C=O. The zero-order valence-electron chi connectivity index (χ0n) is 13.2. The Hall–Kier alpha value is -1.12. The molecule has 1 saturated carbocycles. The van der Waals surface area contributed by atoms with Crippen LogP contribution < -0.4 is 0 Å². The Morgan fingerprint density at radius 1 is 1.30 bits per heavy atom. The van der Waals surface area contributed by atoms with Crippen molar-refractivity contribution in [1.82, 2.24) is 0 Å². The average molecular weight is 282 g/mol. The molecule has 0 heterocycles. The highest BCUT2D eigenvalue weighted by Crippen LogP contribution is 2.54. The molecule has 3 atom stereocenters. The molecule has 2 aliphatic carbocycles. The fourth-order valence-electron chi connectivity index (χ4n) is 3.57. The van der Waals surface area contributed by atoms with E-state index < -0.39 is 0 Å². The van der Waals surface area contributed by atoms with Crippen LogP contribution in [0.2, 0.25) is 0 Å². The molecule has 0 spiro atoms. The Morgan fingerprint density at radius 2 is 1.85 bits per heavy atom. The van der Waals surface area contributed by atoms with Gasteiger partial charge in [-0.3, -0.25) is 0 Å². The molecule has 0 amide bonds. The molecule has 0 bridgehead atoms. The standard InChI is InChI=1S/C15H26O2.CO2/c1-10-9-15(5)11(8-12(10)16)6-7-13(15)17-14(2,3)4;2-1-3/h11,13,16H,6-9H2,1-5H3;/t11-,13-,15-;/m1./s1. The van der Waals surface area contributed by atoms with Crippen molar-refractivity contribution in [3.63, 3.8) is 0 Å². The molecular weight excluding hydrogens is 256 g/mol. The van der Waals surface area contributed by atoms with Gasteiger partial charge < -0.3 is 9.84 Å². The van der Waals surface area contributed by atoms with Crippen LogP contribution in [0.3, 0.4) is 0 Å². The maximum atomic E-state index is 9.90. The predicted octanol–water partition coefficient (Wildman–Crippen LogP) is 3.63. The summed E-state index contributed by atoms with van der Waals surface area (Å²) in [6.45, 7) is 10.8. The number of ether oxygens (including phenoxy) is 1. The largest absolute Gasteiger partial charge is 0.512 e. The van der Waals surface area contributed by atoms with E-state index in [-0.39, 0.29) is 17.2 Å². The van der Waals surface area contributed by atoms with E-state index in [1.807, 2.05) is 0 Å². The third-order valence-corrected chi connectivity index (χ3v) is 4.52. The number of aliphatic hydroxyl groups is 1. The maximum Gasteiger partial charge on any atom is 0.373 e. The fraction of sp³-hybridized carbons (Fsp3) is 0.812. The first kappa shape index (κ1) is 16.9. The molecule has 0 unspecified atom stereocenters. The van der Waals surface area contributed by atoms with E-state index in [0.717, 1.165) is 24.8 Å². The van der Waals surface area contributed by atoms with Gasteiger partial charge in [-0.25, -0.2) is 0 Å². The first-order valence-electron chi connectivity index (χ1n) is 7.18. The number of aliphatic hydroxyl groups excluding tert-OH is 1. The Kier molecular flexibility index (Phi) is 5.17. The third kappa shape index (κ3) is 3.71. The van der Waals surface area contributed by atoms with Crippen molar-refractivity contribution < 1.29 is 19.4 Å². The van der Waals surface area contributed by atoms with E-state index in [9.17, 15) is 5.11 Å². The summed E-state index contributed by atoms with van der Waals surface area (Å²) in [6, 6.07) is 0. The van der Waals surface area contributed by atoms with E-state index in [1.165, 1.54) is 6.42 Å². The highest BCUT2D eigenvalue weighted by molar-refractivity contribution is 5.20. The van der Waals surface area contributed by atoms with Crippen molar-refractivity contribution in [2.24, 2.45) is 11.3 Å². The quantitative estimate of drug-likeness (QED) is 0.797. The molecule has 0 aliphatic heterocycles. The Bertz CT molecular complexity index is 413. The average Bonchev–Trinajstić information content (AvgIpc) is 2.56. The first-order valence-corrected chi connectivity index (χ1v) is 7.18. The minimum Gasteiger partial charge on any atom is -0.512 e. The van der Waals surface area contributed by atoms with E-state index in [4.69, 9.17) is 14.3 Å². The normalized spacial score (nSPS) is 33.0. The van der Waals surface area contributed by atoms with Gasteiger partial charge in [0, 0.05) is 11.8 Å². The Labute approximate surface area is 121 Å². The zero-order valence-corrected chi connectivity index (χ0v) is 13.2. The second-order valence-electron chi connectivity index (χ2n) is 7.19. The molecule has 1 fully saturated rings. The summed E-state index contributed by atoms with van der Waals surface area (Å²) in [7, 11) is 0. The van der Waals surface area contributed by atoms with Gasteiger partial charge in [0.25, 0.3) is 0 Å². The molecule has 4 nitrogen and oxygen atoms in total. The van der Waals surface area contributed by atoms with E-state index in [2.05, 4.69) is 34.6 Å². The monoisotopic (exact) mass is 282 g/mol. The van der Waals surface area contributed by atoms with Gasteiger partial charge in [0.2, 0.25) is 0 Å². The number of fused-ring (bicyclic) bond motifs is 1. The number of rotatable bonds is 1. The highest BCUT2D eigenvalue weighted by Gasteiger charge is 2.50. The molecule has 0 aromatic rings. The zero-order chi connectivity index (χ0) is 15.6. The summed E-state index contributed by atoms with van der Waals surface area (Å²) in [5.74, 6) is 1.22. The first-order chi connectivity index (χ1) is 9.14. The summed E-state index contributed by atoms with van der Waals surface area (Å²) in [4.78, 5) is 16.2. The maximum absolute atomic E-state index is 9.90. The van der Waals surface area contributed by atoms with Gasteiger partial charge in [0.15, 0.2) is 0 Å². The van der Waals surface area contributed by atoms with Crippen LogP contribution in [0.25, 0.3) is 0 Å². The third-order valence-electron chi connectivity index (χ3n) is 4.52. The molecule has 20 heavy (non-hydrogen) atoms. The lowest BCUT2D eigenvalue weighted by Crippen LogP contribution is -2.41. The molecular formula is C16H26O4. The molecule has 4 heteroatoms. The van der Waals surface area contributed by atoms with E-state index in [1.54, 1.807) is 0 Å². The minimum absolute atomic E-state index is 0.0698. The molecule has 2 aliphatic rings. The molecule has 1 N–H and O–H groups in total. The van der Waals surface area contributed by atoms with Crippen molar-refractivity contribution in [1.29, 1.82) is 0 Å². The second-order valence-corrected chi connectivity index (χ2v) is 7.19. The smallest absolute Gasteiger partial charge is 0.373 e. The van der Waals surface area contributed by atoms with Crippen molar-refractivity contribution in [2.75, 3.05) is 0 Å². The summed E-state index contributed by atoms with van der Waals surface area (Å²) in [6.07, 6.45) is 4.76. The van der Waals surface area contributed by atoms with Crippen LogP contribution >= 0.6 is 0 Å². The number of hydrogen-bond acceptors (Lipinski definition) is 4. The minimum atomic E-state index is -0.0698. The lowest BCUT2D eigenvalue weighted by molar-refractivity contribution is -0.191. The van der Waals surface area contributed by atoms with Crippen LogP contribution in [0.1, 0.15) is 60.3 Å². The number of hydrogen-bond donors (Lipinski definition) is 1. The lowest BCUT2D eigenvalue weighted by Gasteiger charge is -2.42. The van der Waals surface area contributed by atoms with Crippen LogP contribution in [0.4, 0.5) is 0 Å². The van der Waals surface area contributed by atoms with Gasteiger partial charge in [0.05, 0.1) is 17.5 Å². The molecule has 0 radical (unpaired) electrons. The summed E-state index contributed by atoms with van der Waals surface area (Å²) in [5.41, 5.74) is 1.32. The van der Waals surface area contributed by atoms with Crippen LogP contribution in [-0.2, 0) is 14.3 Å². The van der Waals surface area contributed by atoms with Gasteiger partial charge in [0.1, 0.15) is 0 Å². The molecule has 114 valence electrons. The molecule has 2 rings (SSSR count). The van der Waals surface area contributed by atoms with Crippen molar-refractivity contribution in [3.05, 3.63) is 11.3 Å². The second kappa shape index (κ2) is 6.11. The lowest BCUT2D eigenvalue weighted by atomic mass is 9.68. The number of carbonyl (C=O) groups excluding carboxylic acids is 2. The van der Waals surface area contributed by atoms with Gasteiger partial charge >= 0.3 is 6.15 Å². The topological polar surface area (TPSA) is 63.6 Å². The summed E-state index contributed by atoms with van der Waals surface area (Å²) in [5, 5.41) is 9.90. The van der Waals surface area contributed by atoms with E-state index >= 15 is 0 Å². The van der Waals surface area contributed by atoms with Gasteiger partial charge in [-0.05, 0) is 58.4 Å². The van der Waals surface area contributed by atoms with Gasteiger partial charge in [-0.1, -0.05) is 6.92 Å². The van der Waals surface area contributed by atoms with Crippen molar-refractivity contribution in [3.8, 4) is 0 Å². The van der Waals surface area contributed by atoms with Crippen molar-refractivity contribution >= 4 is 6.15 Å². The van der Waals surface area contributed by atoms with Crippen LogP contribution in [-0.4, -0.2) is 23.0 Å². The van der Waals surface area contributed by atoms with Gasteiger partial charge in [-0.15, -0.1) is 0 Å². The predicted molar refractivity (Wildman–Crippen MR) is 75.0 cm³/mol. The molecule has 0 aromatic carbocycles. The van der Waals surface area contributed by atoms with Gasteiger partial charge in [-0.2, -0.15) is 9.59 Å². The molecule has 0 aromatic heterocycles. The van der Waals surface area contributed by atoms with E-state index in [0.29, 0.717) is 17.8 Å². The fourth-order valence-corrected chi connectivity index (χ4v) is 3.57. The summed E-state index contributed by atoms with van der Waals surface area (Å²) < 4.78 is 6.25. The Morgan fingerprint density at radius 3 is 2.35 bits per heavy atom. The molecule has 0 saturated heterocycles. The van der Waals surface area contributed by atoms with Crippen LogP contribution in [0.5, 0.6) is 0 Å².